The molecule has 2 aromatic carbocycles. The number of amides is 1. The Morgan fingerprint density at radius 3 is 2.19 bits per heavy atom. The SMILES string of the molecule is CC(C)(C)OC(=O)N(c1ccccc1)S(=O)(=O)c1ccc(C#CCO)cc1. The van der Waals surface area contributed by atoms with Crippen LogP contribution in [0.25, 0.3) is 0 Å². The smallest absolute Gasteiger partial charge is 0.429 e. The number of nitrogens with zero attached hydrogens (tertiary/aromatic N) is 1. The number of ether oxygens (including phenoxy) is 1. The van der Waals surface area contributed by atoms with Gasteiger partial charge in [-0.2, -0.15) is 4.31 Å². The monoisotopic (exact) mass is 387 g/mol. The Kier molecular flexibility index (Phi) is 6.26. The molecule has 0 unspecified atom stereocenters. The minimum absolute atomic E-state index is 0.0771. The third-order valence-corrected chi connectivity index (χ3v) is 4.96. The van der Waals surface area contributed by atoms with Gasteiger partial charge in [-0.1, -0.05) is 30.0 Å². The molecule has 1 N–H and O–H groups in total. The zero-order valence-corrected chi connectivity index (χ0v) is 16.2. The molecule has 0 fully saturated rings. The predicted molar refractivity (Wildman–Crippen MR) is 103 cm³/mol. The molecule has 0 aromatic heterocycles. The van der Waals surface area contributed by atoms with Crippen LogP contribution in [0.5, 0.6) is 0 Å². The van der Waals surface area contributed by atoms with Gasteiger partial charge >= 0.3 is 6.09 Å². The normalized spacial score (nSPS) is 11.3. The highest BCUT2D eigenvalue weighted by molar-refractivity contribution is 7.93. The van der Waals surface area contributed by atoms with Gasteiger partial charge in [0.15, 0.2) is 0 Å². The lowest BCUT2D eigenvalue weighted by Gasteiger charge is -2.27. The van der Waals surface area contributed by atoms with Gasteiger partial charge in [0.2, 0.25) is 0 Å². The summed E-state index contributed by atoms with van der Waals surface area (Å²) in [6, 6.07) is 13.8. The first kappa shape index (κ1) is 20.5. The van der Waals surface area contributed by atoms with Gasteiger partial charge in [-0.3, -0.25) is 0 Å². The van der Waals surface area contributed by atoms with Gasteiger partial charge in [0.05, 0.1) is 10.6 Å². The molecule has 0 radical (unpaired) electrons. The summed E-state index contributed by atoms with van der Waals surface area (Å²) in [4.78, 5) is 12.6. The molecule has 2 rings (SSSR count). The number of sulfonamides is 1. The number of hydrogen-bond donors (Lipinski definition) is 1. The van der Waals surface area contributed by atoms with Gasteiger partial charge in [0.25, 0.3) is 10.0 Å². The molecule has 7 heteroatoms. The minimum Gasteiger partial charge on any atom is -0.443 e. The molecule has 0 spiro atoms. The molecular formula is C20H21NO5S. The molecular weight excluding hydrogens is 366 g/mol. The quantitative estimate of drug-likeness (QED) is 0.818. The van der Waals surface area contributed by atoms with E-state index >= 15 is 0 Å². The Hall–Kier alpha value is -2.82. The van der Waals surface area contributed by atoms with Crippen LogP contribution in [0.15, 0.2) is 59.5 Å². The van der Waals surface area contributed by atoms with Gasteiger partial charge in [-0.05, 0) is 57.2 Å². The Bertz CT molecular complexity index is 949. The predicted octanol–water partition coefficient (Wildman–Crippen LogP) is 3.16. The molecule has 0 bridgehead atoms. The lowest BCUT2D eigenvalue weighted by molar-refractivity contribution is 0.0609. The van der Waals surface area contributed by atoms with Crippen LogP contribution in [0.2, 0.25) is 0 Å². The van der Waals surface area contributed by atoms with Crippen LogP contribution in [-0.2, 0) is 14.8 Å². The minimum atomic E-state index is -4.20. The summed E-state index contributed by atoms with van der Waals surface area (Å²) in [5, 5.41) is 8.74. The van der Waals surface area contributed by atoms with Crippen LogP contribution in [-0.4, -0.2) is 31.8 Å². The van der Waals surface area contributed by atoms with Crippen molar-refractivity contribution in [1.29, 1.82) is 0 Å². The van der Waals surface area contributed by atoms with Gasteiger partial charge in [-0.25, -0.2) is 13.2 Å². The summed E-state index contributed by atoms with van der Waals surface area (Å²) in [5.41, 5.74) is -0.133. The zero-order chi connectivity index (χ0) is 20.1. The van der Waals surface area contributed by atoms with Crippen molar-refractivity contribution >= 4 is 21.8 Å². The highest BCUT2D eigenvalue weighted by Crippen LogP contribution is 2.26. The average Bonchev–Trinajstić information content (AvgIpc) is 2.59. The number of hydrogen-bond acceptors (Lipinski definition) is 5. The number of carbonyl (C=O) groups is 1. The second kappa shape index (κ2) is 8.25. The van der Waals surface area contributed by atoms with Crippen molar-refractivity contribution in [3.8, 4) is 11.8 Å². The summed E-state index contributed by atoms with van der Waals surface area (Å²) in [7, 11) is -4.20. The lowest BCUT2D eigenvalue weighted by Crippen LogP contribution is -2.41. The fourth-order valence-electron chi connectivity index (χ4n) is 2.17. The van der Waals surface area contributed by atoms with Crippen molar-refractivity contribution in [3.63, 3.8) is 0 Å². The molecule has 1 amide bonds. The first-order valence-electron chi connectivity index (χ1n) is 8.18. The number of benzene rings is 2. The fourth-order valence-corrected chi connectivity index (χ4v) is 3.49. The number of para-hydroxylation sites is 1. The molecule has 2 aromatic rings. The van der Waals surface area contributed by atoms with Crippen molar-refractivity contribution in [2.45, 2.75) is 31.3 Å². The Labute approximate surface area is 159 Å². The van der Waals surface area contributed by atoms with Gasteiger partial charge in [-0.15, -0.1) is 0 Å². The molecule has 0 saturated heterocycles. The molecule has 0 aliphatic carbocycles. The first-order chi connectivity index (χ1) is 12.6. The second-order valence-corrected chi connectivity index (χ2v) is 8.36. The highest BCUT2D eigenvalue weighted by atomic mass is 32.2. The van der Waals surface area contributed by atoms with Crippen molar-refractivity contribution in [1.82, 2.24) is 0 Å². The van der Waals surface area contributed by atoms with E-state index in [-0.39, 0.29) is 17.2 Å². The highest BCUT2D eigenvalue weighted by Gasteiger charge is 2.34. The summed E-state index contributed by atoms with van der Waals surface area (Å²) >= 11 is 0. The van der Waals surface area contributed by atoms with E-state index < -0.39 is 21.7 Å². The number of aliphatic hydroxyl groups is 1. The third kappa shape index (κ3) is 5.33. The molecule has 142 valence electrons. The van der Waals surface area contributed by atoms with E-state index in [4.69, 9.17) is 9.84 Å². The Balaban J connectivity index is 2.49. The van der Waals surface area contributed by atoms with Gasteiger partial charge in [0.1, 0.15) is 12.2 Å². The van der Waals surface area contributed by atoms with Crippen LogP contribution in [0.3, 0.4) is 0 Å². The topological polar surface area (TPSA) is 83.9 Å². The second-order valence-electron chi connectivity index (χ2n) is 6.57. The van der Waals surface area contributed by atoms with E-state index in [2.05, 4.69) is 11.8 Å². The summed E-state index contributed by atoms with van der Waals surface area (Å²) < 4.78 is 32.2. The molecule has 0 aliphatic heterocycles. The average molecular weight is 387 g/mol. The van der Waals surface area contributed by atoms with Crippen LogP contribution in [0.1, 0.15) is 26.3 Å². The molecule has 0 aliphatic rings. The zero-order valence-electron chi connectivity index (χ0n) is 15.3. The van der Waals surface area contributed by atoms with Crippen LogP contribution in [0, 0.1) is 11.8 Å². The number of anilines is 1. The fraction of sp³-hybridized carbons (Fsp3) is 0.250. The van der Waals surface area contributed by atoms with Crippen LogP contribution >= 0.6 is 0 Å². The summed E-state index contributed by atoms with van der Waals surface area (Å²) in [6.45, 7) is 4.69. The molecule has 6 nitrogen and oxygen atoms in total. The molecule has 0 saturated carbocycles. The van der Waals surface area contributed by atoms with Gasteiger partial charge in [0, 0.05) is 5.56 Å². The van der Waals surface area contributed by atoms with Crippen molar-refractivity contribution in [2.75, 3.05) is 10.9 Å². The van der Waals surface area contributed by atoms with Crippen molar-refractivity contribution < 1.29 is 23.1 Å². The van der Waals surface area contributed by atoms with E-state index in [1.165, 1.54) is 36.4 Å². The van der Waals surface area contributed by atoms with E-state index in [0.717, 1.165) is 0 Å². The summed E-state index contributed by atoms with van der Waals surface area (Å²) in [5.74, 6) is 5.17. The number of rotatable bonds is 3. The standard InChI is InChI=1S/C20H21NO5S/c1-20(2,3)26-19(23)21(17-9-5-4-6-10-17)27(24,25)18-13-11-16(12-14-18)8-7-15-22/h4-6,9-14,22H,15H2,1-3H3. The van der Waals surface area contributed by atoms with E-state index in [1.54, 1.807) is 39.0 Å². The first-order valence-corrected chi connectivity index (χ1v) is 9.62. The van der Waals surface area contributed by atoms with E-state index in [0.29, 0.717) is 9.87 Å². The van der Waals surface area contributed by atoms with Gasteiger partial charge < -0.3 is 9.84 Å². The number of carbonyl (C=O) groups excluding carboxylic acids is 1. The molecule has 0 atom stereocenters. The molecule has 0 heterocycles. The summed E-state index contributed by atoms with van der Waals surface area (Å²) in [6.07, 6.45) is -0.988. The maximum absolute atomic E-state index is 13.1. The van der Waals surface area contributed by atoms with E-state index in [1.807, 2.05) is 0 Å². The maximum Gasteiger partial charge on any atom is 0.429 e. The lowest BCUT2D eigenvalue weighted by atomic mass is 10.2. The van der Waals surface area contributed by atoms with Crippen molar-refractivity contribution in [3.05, 3.63) is 60.2 Å². The largest absolute Gasteiger partial charge is 0.443 e. The van der Waals surface area contributed by atoms with Crippen LogP contribution < -0.4 is 4.31 Å². The van der Waals surface area contributed by atoms with E-state index in [9.17, 15) is 13.2 Å². The Morgan fingerprint density at radius 2 is 1.67 bits per heavy atom. The number of aliphatic hydroxyl groups excluding tert-OH is 1. The Morgan fingerprint density at radius 1 is 1.07 bits per heavy atom. The maximum atomic E-state index is 13.1. The third-order valence-electron chi connectivity index (χ3n) is 3.25. The van der Waals surface area contributed by atoms with Crippen molar-refractivity contribution in [2.24, 2.45) is 0 Å². The van der Waals surface area contributed by atoms with Crippen LogP contribution in [0.4, 0.5) is 10.5 Å². The molecule has 27 heavy (non-hydrogen) atoms.